The minimum atomic E-state index is -0.526. The zero-order chi connectivity index (χ0) is 17.3. The molecule has 2 aliphatic heterocycles. The number of rotatable bonds is 4. The molecule has 2 amide bonds. The van der Waals surface area contributed by atoms with Gasteiger partial charge in [-0.1, -0.05) is 12.1 Å². The van der Waals surface area contributed by atoms with Gasteiger partial charge in [-0.2, -0.15) is 0 Å². The van der Waals surface area contributed by atoms with Crippen LogP contribution in [-0.4, -0.2) is 48.5 Å². The highest BCUT2D eigenvalue weighted by atomic mass is 16.5. The molecule has 1 fully saturated rings. The van der Waals surface area contributed by atoms with Gasteiger partial charge in [0.15, 0.2) is 6.10 Å². The van der Waals surface area contributed by atoms with E-state index in [4.69, 9.17) is 10.5 Å². The predicted octanol–water partition coefficient (Wildman–Crippen LogP) is 1.39. The largest absolute Gasteiger partial charge is 0.479 e. The fourth-order valence-electron chi connectivity index (χ4n) is 3.60. The Balaban J connectivity index is 1.68. The van der Waals surface area contributed by atoms with Crippen LogP contribution in [0.2, 0.25) is 0 Å². The summed E-state index contributed by atoms with van der Waals surface area (Å²) in [5.41, 5.74) is 6.47. The van der Waals surface area contributed by atoms with Gasteiger partial charge in [-0.3, -0.25) is 9.59 Å². The molecule has 2 heterocycles. The molecular formula is C18H25N3O3. The number of nitrogens with zero attached hydrogens (tertiary/aromatic N) is 2. The number of anilines is 1. The molecule has 6 heteroatoms. The van der Waals surface area contributed by atoms with E-state index in [-0.39, 0.29) is 17.9 Å². The first-order valence-corrected chi connectivity index (χ1v) is 8.58. The first-order chi connectivity index (χ1) is 11.5. The number of carbonyl (C=O) groups is 2. The van der Waals surface area contributed by atoms with E-state index in [2.05, 4.69) is 6.92 Å². The van der Waals surface area contributed by atoms with Crippen LogP contribution < -0.4 is 15.4 Å². The quantitative estimate of drug-likeness (QED) is 0.904. The standard InChI is InChI=1S/C18H25N3O3/c1-12-9-14(10-19)11-21(12)17(22)7-8-20-15-5-3-4-6-16(15)24-13(2)18(20)23/h3-6,12-14H,7-11,19H2,1-2H3. The van der Waals surface area contributed by atoms with E-state index in [1.54, 1.807) is 11.8 Å². The van der Waals surface area contributed by atoms with Crippen LogP contribution in [0.3, 0.4) is 0 Å². The van der Waals surface area contributed by atoms with Crippen molar-refractivity contribution < 1.29 is 14.3 Å². The molecular weight excluding hydrogens is 306 g/mol. The van der Waals surface area contributed by atoms with Crippen LogP contribution in [0.5, 0.6) is 5.75 Å². The zero-order valence-electron chi connectivity index (χ0n) is 14.3. The molecule has 3 rings (SSSR count). The maximum absolute atomic E-state index is 12.6. The average Bonchev–Trinajstić information content (AvgIpc) is 2.96. The number of benzene rings is 1. The van der Waals surface area contributed by atoms with Crippen molar-refractivity contribution in [2.75, 3.05) is 24.5 Å². The van der Waals surface area contributed by atoms with Gasteiger partial charge in [0.05, 0.1) is 5.69 Å². The fourth-order valence-corrected chi connectivity index (χ4v) is 3.60. The molecule has 0 bridgehead atoms. The highest BCUT2D eigenvalue weighted by Crippen LogP contribution is 2.33. The van der Waals surface area contributed by atoms with Crippen molar-refractivity contribution in [3.05, 3.63) is 24.3 Å². The monoisotopic (exact) mass is 331 g/mol. The summed E-state index contributed by atoms with van der Waals surface area (Å²) in [5.74, 6) is 1.06. The molecule has 1 saturated heterocycles. The smallest absolute Gasteiger partial charge is 0.267 e. The van der Waals surface area contributed by atoms with Crippen molar-refractivity contribution in [1.82, 2.24) is 4.90 Å². The summed E-state index contributed by atoms with van der Waals surface area (Å²) in [5, 5.41) is 0. The summed E-state index contributed by atoms with van der Waals surface area (Å²) in [6.45, 7) is 5.51. The van der Waals surface area contributed by atoms with Gasteiger partial charge in [-0.25, -0.2) is 0 Å². The van der Waals surface area contributed by atoms with Gasteiger partial charge in [0.25, 0.3) is 5.91 Å². The van der Waals surface area contributed by atoms with E-state index in [0.29, 0.717) is 31.2 Å². The van der Waals surface area contributed by atoms with Gasteiger partial charge < -0.3 is 20.3 Å². The number of hydrogen-bond acceptors (Lipinski definition) is 4. The number of ether oxygens (including phenoxy) is 1. The van der Waals surface area contributed by atoms with Crippen LogP contribution in [0.4, 0.5) is 5.69 Å². The molecule has 130 valence electrons. The van der Waals surface area contributed by atoms with Crippen LogP contribution in [0.25, 0.3) is 0 Å². The molecule has 0 spiro atoms. The molecule has 1 aromatic carbocycles. The van der Waals surface area contributed by atoms with Crippen molar-refractivity contribution >= 4 is 17.5 Å². The van der Waals surface area contributed by atoms with Gasteiger partial charge >= 0.3 is 0 Å². The summed E-state index contributed by atoms with van der Waals surface area (Å²) in [7, 11) is 0. The SMILES string of the molecule is CC1Oc2ccccc2N(CCC(=O)N2CC(CN)CC2C)C1=O. The summed E-state index contributed by atoms with van der Waals surface area (Å²) >= 11 is 0. The Morgan fingerprint density at radius 2 is 2.08 bits per heavy atom. The third-order valence-electron chi connectivity index (χ3n) is 4.94. The lowest BCUT2D eigenvalue weighted by atomic mass is 10.1. The lowest BCUT2D eigenvalue weighted by molar-refractivity contribution is -0.131. The third kappa shape index (κ3) is 3.11. The Morgan fingerprint density at radius 3 is 2.79 bits per heavy atom. The number of carbonyl (C=O) groups excluding carboxylic acids is 2. The summed E-state index contributed by atoms with van der Waals surface area (Å²) in [4.78, 5) is 28.6. The Kier molecular flexibility index (Phi) is 4.76. The predicted molar refractivity (Wildman–Crippen MR) is 91.8 cm³/mol. The van der Waals surface area contributed by atoms with Gasteiger partial charge in [-0.15, -0.1) is 0 Å². The maximum Gasteiger partial charge on any atom is 0.267 e. The second kappa shape index (κ2) is 6.81. The number of nitrogens with two attached hydrogens (primary N) is 1. The fraction of sp³-hybridized carbons (Fsp3) is 0.556. The van der Waals surface area contributed by atoms with E-state index < -0.39 is 6.10 Å². The van der Waals surface area contributed by atoms with Crippen molar-refractivity contribution in [2.24, 2.45) is 11.7 Å². The first-order valence-electron chi connectivity index (χ1n) is 8.58. The minimum absolute atomic E-state index is 0.0860. The van der Waals surface area contributed by atoms with Gasteiger partial charge in [-0.05, 0) is 44.9 Å². The van der Waals surface area contributed by atoms with Crippen LogP contribution in [0.1, 0.15) is 26.7 Å². The summed E-state index contributed by atoms with van der Waals surface area (Å²) in [6.07, 6.45) is 0.745. The second-order valence-corrected chi connectivity index (χ2v) is 6.70. The highest BCUT2D eigenvalue weighted by Gasteiger charge is 2.34. The average molecular weight is 331 g/mol. The Bertz CT molecular complexity index is 634. The molecule has 24 heavy (non-hydrogen) atoms. The lowest BCUT2D eigenvalue weighted by Gasteiger charge is -2.33. The molecule has 0 aliphatic carbocycles. The van der Waals surface area contributed by atoms with E-state index in [9.17, 15) is 9.59 Å². The molecule has 2 N–H and O–H groups in total. The molecule has 3 atom stereocenters. The minimum Gasteiger partial charge on any atom is -0.479 e. The Hall–Kier alpha value is -2.08. The molecule has 0 aromatic heterocycles. The normalized spacial score (nSPS) is 26.3. The second-order valence-electron chi connectivity index (χ2n) is 6.70. The summed E-state index contributed by atoms with van der Waals surface area (Å²) < 4.78 is 5.63. The van der Waals surface area contributed by atoms with Crippen molar-refractivity contribution in [2.45, 2.75) is 38.8 Å². The Labute approximate surface area is 142 Å². The highest BCUT2D eigenvalue weighted by molar-refractivity contribution is 6.00. The Morgan fingerprint density at radius 1 is 1.33 bits per heavy atom. The van der Waals surface area contributed by atoms with Crippen LogP contribution in [-0.2, 0) is 9.59 Å². The van der Waals surface area contributed by atoms with Crippen LogP contribution in [0, 0.1) is 5.92 Å². The number of likely N-dealkylation sites (tertiary alicyclic amines) is 1. The summed E-state index contributed by atoms with van der Waals surface area (Å²) in [6, 6.07) is 7.67. The van der Waals surface area contributed by atoms with Crippen molar-refractivity contribution in [3.63, 3.8) is 0 Å². The van der Waals surface area contributed by atoms with Crippen LogP contribution in [0.15, 0.2) is 24.3 Å². The first kappa shape index (κ1) is 16.8. The topological polar surface area (TPSA) is 75.9 Å². The maximum atomic E-state index is 12.6. The van der Waals surface area contributed by atoms with Crippen LogP contribution >= 0.6 is 0 Å². The molecule has 6 nitrogen and oxygen atoms in total. The van der Waals surface area contributed by atoms with Gasteiger partial charge in [0.1, 0.15) is 5.75 Å². The number of fused-ring (bicyclic) bond motifs is 1. The molecule has 3 unspecified atom stereocenters. The number of para-hydroxylation sites is 2. The van der Waals surface area contributed by atoms with E-state index >= 15 is 0 Å². The van der Waals surface area contributed by atoms with Gasteiger partial charge in [0, 0.05) is 25.6 Å². The molecule has 0 saturated carbocycles. The zero-order valence-corrected chi connectivity index (χ0v) is 14.3. The molecule has 0 radical (unpaired) electrons. The van der Waals surface area contributed by atoms with E-state index in [1.165, 1.54) is 0 Å². The van der Waals surface area contributed by atoms with E-state index in [0.717, 1.165) is 18.7 Å². The molecule has 1 aromatic rings. The lowest BCUT2D eigenvalue weighted by Crippen LogP contribution is -2.46. The van der Waals surface area contributed by atoms with Gasteiger partial charge in [0.2, 0.25) is 5.91 Å². The van der Waals surface area contributed by atoms with E-state index in [1.807, 2.05) is 29.2 Å². The van der Waals surface area contributed by atoms with Crippen molar-refractivity contribution in [1.29, 1.82) is 0 Å². The third-order valence-corrected chi connectivity index (χ3v) is 4.94. The van der Waals surface area contributed by atoms with Crippen molar-refractivity contribution in [3.8, 4) is 5.75 Å². The number of hydrogen-bond donors (Lipinski definition) is 1. The number of amides is 2. The molecule has 2 aliphatic rings.